The third-order valence-corrected chi connectivity index (χ3v) is 6.58. The van der Waals surface area contributed by atoms with Crippen LogP contribution in [0.2, 0.25) is 0 Å². The summed E-state index contributed by atoms with van der Waals surface area (Å²) in [7, 11) is -1.95. The molecule has 28 heavy (non-hydrogen) atoms. The molecule has 0 atom stereocenters. The van der Waals surface area contributed by atoms with Crippen LogP contribution in [0.3, 0.4) is 0 Å². The summed E-state index contributed by atoms with van der Waals surface area (Å²) in [5, 5.41) is 3.94. The van der Waals surface area contributed by atoms with Crippen LogP contribution in [0.25, 0.3) is 11.0 Å². The number of benzene rings is 1. The van der Waals surface area contributed by atoms with E-state index in [0.29, 0.717) is 31.6 Å². The maximum Gasteiger partial charge on any atom is 0.274 e. The Morgan fingerprint density at radius 1 is 1.04 bits per heavy atom. The number of hydrogen-bond donors (Lipinski definition) is 0. The first-order valence-electron chi connectivity index (χ1n) is 8.95. The van der Waals surface area contributed by atoms with Gasteiger partial charge >= 0.3 is 0 Å². The Morgan fingerprint density at radius 2 is 1.82 bits per heavy atom. The minimum atomic E-state index is -3.62. The fourth-order valence-corrected chi connectivity index (χ4v) is 4.70. The number of sulfonamides is 1. The molecule has 1 amide bonds. The van der Waals surface area contributed by atoms with Crippen LogP contribution in [0, 0.1) is 0 Å². The summed E-state index contributed by atoms with van der Waals surface area (Å²) in [6, 6.07) is 7.36. The quantitative estimate of drug-likeness (QED) is 0.647. The predicted octanol–water partition coefficient (Wildman–Crippen LogP) is 0.900. The van der Waals surface area contributed by atoms with Crippen molar-refractivity contribution in [3.8, 4) is 0 Å². The minimum Gasteiger partial charge on any atom is -0.336 e. The van der Waals surface area contributed by atoms with Crippen molar-refractivity contribution in [2.75, 3.05) is 26.2 Å². The number of fused-ring (bicyclic) bond motifs is 1. The molecule has 4 rings (SSSR count). The number of aryl methyl sites for hydroxylation is 1. The van der Waals surface area contributed by atoms with Gasteiger partial charge in [-0.3, -0.25) is 14.5 Å². The molecular weight excluding hydrogens is 380 g/mol. The molecule has 0 bridgehead atoms. The summed E-state index contributed by atoms with van der Waals surface area (Å²) >= 11 is 0. The Bertz CT molecular complexity index is 1130. The molecule has 1 aromatic carbocycles. The van der Waals surface area contributed by atoms with Crippen molar-refractivity contribution >= 4 is 27.0 Å². The lowest BCUT2D eigenvalue weighted by molar-refractivity contribution is 0.0758. The Morgan fingerprint density at radius 3 is 2.57 bits per heavy atom. The molecule has 0 spiro atoms. The molecule has 1 saturated heterocycles. The van der Waals surface area contributed by atoms with Gasteiger partial charge in [0.05, 0.1) is 23.4 Å². The number of nitrogens with zero attached hydrogens (tertiary/aromatic N) is 6. The topological polar surface area (TPSA) is 101 Å². The highest BCUT2D eigenvalue weighted by Crippen LogP contribution is 2.18. The van der Waals surface area contributed by atoms with Crippen LogP contribution < -0.4 is 0 Å². The Labute approximate surface area is 162 Å². The van der Waals surface area contributed by atoms with Gasteiger partial charge in [-0.1, -0.05) is 12.1 Å². The molecule has 1 fully saturated rings. The number of hydrogen-bond acceptors (Lipinski definition) is 6. The summed E-state index contributed by atoms with van der Waals surface area (Å²) in [6.07, 6.45) is 4.84. The second-order valence-electron chi connectivity index (χ2n) is 6.64. The van der Waals surface area contributed by atoms with Crippen LogP contribution in [0.15, 0.2) is 47.8 Å². The van der Waals surface area contributed by atoms with Gasteiger partial charge in [0.25, 0.3) is 5.91 Å². The van der Waals surface area contributed by atoms with E-state index in [-0.39, 0.29) is 23.0 Å². The molecule has 0 radical (unpaired) electrons. The zero-order valence-electron chi connectivity index (χ0n) is 15.4. The highest BCUT2D eigenvalue weighted by molar-refractivity contribution is 7.89. The van der Waals surface area contributed by atoms with Gasteiger partial charge < -0.3 is 4.90 Å². The zero-order valence-corrected chi connectivity index (χ0v) is 16.2. The molecule has 1 aliphatic rings. The minimum absolute atomic E-state index is 0.162. The zero-order chi connectivity index (χ0) is 19.7. The highest BCUT2D eigenvalue weighted by atomic mass is 32.2. The lowest BCUT2D eigenvalue weighted by Gasteiger charge is -2.21. The Balaban J connectivity index is 1.51. The number of carbonyl (C=O) groups is 1. The number of aromatic nitrogens is 4. The van der Waals surface area contributed by atoms with Gasteiger partial charge in [0.15, 0.2) is 0 Å². The Kier molecular flexibility index (Phi) is 4.82. The van der Waals surface area contributed by atoms with E-state index in [1.165, 1.54) is 27.6 Å². The monoisotopic (exact) mass is 400 g/mol. The predicted molar refractivity (Wildman–Crippen MR) is 102 cm³/mol. The fourth-order valence-electron chi connectivity index (χ4n) is 3.24. The number of rotatable bonds is 3. The molecule has 10 heteroatoms. The molecule has 3 aromatic rings. The standard InChI is InChI=1S/C18H20N6O3S/c1-22-13-14(11-20-22)28(26,27)24-8-4-7-23(9-10-24)18(25)17-12-19-15-5-2-3-6-16(15)21-17/h2-3,5-6,11-13H,4,7-10H2,1H3. The van der Waals surface area contributed by atoms with Gasteiger partial charge in [-0.2, -0.15) is 9.40 Å². The van der Waals surface area contributed by atoms with Crippen LogP contribution in [-0.2, 0) is 17.1 Å². The van der Waals surface area contributed by atoms with E-state index in [0.717, 1.165) is 5.52 Å². The van der Waals surface area contributed by atoms with Crippen LogP contribution in [0.4, 0.5) is 0 Å². The summed E-state index contributed by atoms with van der Waals surface area (Å²) in [6.45, 7) is 1.34. The molecule has 146 valence electrons. The second kappa shape index (κ2) is 7.28. The van der Waals surface area contributed by atoms with Crippen molar-refractivity contribution in [3.05, 3.63) is 48.5 Å². The average Bonchev–Trinajstić information content (AvgIpc) is 2.99. The largest absolute Gasteiger partial charge is 0.336 e. The van der Waals surface area contributed by atoms with Gasteiger partial charge in [-0.25, -0.2) is 13.4 Å². The normalized spacial score (nSPS) is 16.2. The van der Waals surface area contributed by atoms with Gasteiger partial charge in [0, 0.05) is 39.4 Å². The smallest absolute Gasteiger partial charge is 0.274 e. The van der Waals surface area contributed by atoms with Crippen LogP contribution in [-0.4, -0.2) is 69.5 Å². The molecule has 3 heterocycles. The SMILES string of the molecule is Cn1cc(S(=O)(=O)N2CCCN(C(=O)c3cnc4ccccc4n3)CC2)cn1. The molecule has 0 aliphatic carbocycles. The molecule has 0 N–H and O–H groups in total. The number of para-hydroxylation sites is 2. The third kappa shape index (κ3) is 3.48. The lowest BCUT2D eigenvalue weighted by atomic mass is 10.2. The van der Waals surface area contributed by atoms with E-state index in [1.807, 2.05) is 24.3 Å². The van der Waals surface area contributed by atoms with E-state index in [1.54, 1.807) is 11.9 Å². The third-order valence-electron chi connectivity index (χ3n) is 4.73. The molecule has 2 aromatic heterocycles. The van der Waals surface area contributed by atoms with Crippen LogP contribution in [0.5, 0.6) is 0 Å². The van der Waals surface area contributed by atoms with Crippen molar-refractivity contribution in [1.82, 2.24) is 29.0 Å². The van der Waals surface area contributed by atoms with Crippen LogP contribution in [0.1, 0.15) is 16.9 Å². The van der Waals surface area contributed by atoms with Crippen molar-refractivity contribution < 1.29 is 13.2 Å². The van der Waals surface area contributed by atoms with E-state index >= 15 is 0 Å². The van der Waals surface area contributed by atoms with Crippen molar-refractivity contribution in [3.63, 3.8) is 0 Å². The number of amides is 1. The lowest BCUT2D eigenvalue weighted by Crippen LogP contribution is -2.37. The first kappa shape index (κ1) is 18.5. The first-order valence-corrected chi connectivity index (χ1v) is 10.4. The fraction of sp³-hybridized carbons (Fsp3) is 0.333. The van der Waals surface area contributed by atoms with Gasteiger partial charge in [0.2, 0.25) is 10.0 Å². The van der Waals surface area contributed by atoms with Crippen molar-refractivity contribution in [1.29, 1.82) is 0 Å². The van der Waals surface area contributed by atoms with Crippen LogP contribution >= 0.6 is 0 Å². The Hall–Kier alpha value is -2.85. The van der Waals surface area contributed by atoms with Gasteiger partial charge in [-0.15, -0.1) is 0 Å². The summed E-state index contributed by atoms with van der Waals surface area (Å²) in [5.41, 5.74) is 1.65. The van der Waals surface area contributed by atoms with Gasteiger partial charge in [-0.05, 0) is 18.6 Å². The highest BCUT2D eigenvalue weighted by Gasteiger charge is 2.29. The van der Waals surface area contributed by atoms with Crippen molar-refractivity contribution in [2.24, 2.45) is 7.05 Å². The maximum atomic E-state index is 12.9. The molecule has 9 nitrogen and oxygen atoms in total. The van der Waals surface area contributed by atoms with E-state index in [4.69, 9.17) is 0 Å². The molecule has 1 aliphatic heterocycles. The van der Waals surface area contributed by atoms with Crippen molar-refractivity contribution in [2.45, 2.75) is 11.3 Å². The molecular formula is C18H20N6O3S. The first-order chi connectivity index (χ1) is 13.4. The number of carbonyl (C=O) groups excluding carboxylic acids is 1. The average molecular weight is 400 g/mol. The second-order valence-corrected chi connectivity index (χ2v) is 8.58. The van der Waals surface area contributed by atoms with E-state index < -0.39 is 10.0 Å². The molecule has 0 unspecified atom stereocenters. The summed E-state index contributed by atoms with van der Waals surface area (Å²) in [5.74, 6) is -0.237. The molecule has 0 saturated carbocycles. The maximum absolute atomic E-state index is 12.9. The summed E-state index contributed by atoms with van der Waals surface area (Å²) in [4.78, 5) is 23.4. The van der Waals surface area contributed by atoms with E-state index in [2.05, 4.69) is 15.1 Å². The summed E-state index contributed by atoms with van der Waals surface area (Å²) < 4.78 is 28.4. The van der Waals surface area contributed by atoms with E-state index in [9.17, 15) is 13.2 Å². The van der Waals surface area contributed by atoms with Gasteiger partial charge in [0.1, 0.15) is 10.6 Å².